The Labute approximate surface area is 108 Å². The van der Waals surface area contributed by atoms with Crippen LogP contribution in [0.2, 0.25) is 0 Å². The van der Waals surface area contributed by atoms with Crippen molar-refractivity contribution < 1.29 is 20.1 Å². The van der Waals surface area contributed by atoms with Crippen LogP contribution in [0.3, 0.4) is 0 Å². The van der Waals surface area contributed by atoms with Crippen molar-refractivity contribution in [3.8, 4) is 0 Å². The third-order valence-corrected chi connectivity index (χ3v) is 2.99. The van der Waals surface area contributed by atoms with Crippen molar-refractivity contribution in [2.24, 2.45) is 0 Å². The minimum Gasteiger partial charge on any atom is -0.465 e. The van der Waals surface area contributed by atoms with E-state index in [2.05, 4.69) is 0 Å². The van der Waals surface area contributed by atoms with E-state index in [-0.39, 0.29) is 19.3 Å². The molecule has 0 radical (unpaired) electrons. The number of carbonyl (C=O) groups is 1. The molecule has 1 aliphatic heterocycles. The molecule has 0 saturated carbocycles. The molecule has 6 nitrogen and oxygen atoms in total. The van der Waals surface area contributed by atoms with Crippen LogP contribution in [0.25, 0.3) is 0 Å². The monoisotopic (exact) mass is 260 g/mol. The van der Waals surface area contributed by atoms with Crippen LogP contribution in [0, 0.1) is 0 Å². The Morgan fingerprint density at radius 1 is 1.44 bits per heavy atom. The number of rotatable bonds is 4. The largest absolute Gasteiger partial charge is 0.465 e. The third-order valence-electron chi connectivity index (χ3n) is 2.99. The van der Waals surface area contributed by atoms with Crippen LogP contribution < -0.4 is 0 Å². The summed E-state index contributed by atoms with van der Waals surface area (Å²) in [4.78, 5) is 13.4. The first kappa shape index (κ1) is 16.9. The number of aliphatic hydroxyl groups excluding tert-OH is 2. The molecule has 18 heavy (non-hydrogen) atoms. The smallest absolute Gasteiger partial charge is 0.407 e. The summed E-state index contributed by atoms with van der Waals surface area (Å²) in [6.45, 7) is 5.78. The number of hydrogen-bond donors (Lipinski definition) is 3. The number of nitrogens with zero attached hydrogens (tertiary/aromatic N) is 2. The van der Waals surface area contributed by atoms with Gasteiger partial charge in [0.05, 0.1) is 19.3 Å². The fraction of sp³-hybridized carbons (Fsp3) is 0.750. The predicted molar refractivity (Wildman–Crippen MR) is 69.6 cm³/mol. The van der Waals surface area contributed by atoms with Crippen molar-refractivity contribution in [1.82, 2.24) is 9.80 Å². The van der Waals surface area contributed by atoms with Gasteiger partial charge in [0.25, 0.3) is 0 Å². The predicted octanol–water partition coefficient (Wildman–Crippen LogP) is 0.218. The van der Waals surface area contributed by atoms with E-state index in [0.29, 0.717) is 13.1 Å². The molecule has 106 valence electrons. The Kier molecular flexibility index (Phi) is 8.36. The molecule has 0 saturated heterocycles. The van der Waals surface area contributed by atoms with Gasteiger partial charge in [0, 0.05) is 19.6 Å². The zero-order chi connectivity index (χ0) is 14.1. The molecule has 0 bridgehead atoms. The van der Waals surface area contributed by atoms with E-state index in [4.69, 9.17) is 15.3 Å². The molecule has 1 unspecified atom stereocenters. The summed E-state index contributed by atoms with van der Waals surface area (Å²) in [6, 6.07) is 0.0463. The van der Waals surface area contributed by atoms with Gasteiger partial charge in [-0.3, -0.25) is 4.90 Å². The van der Waals surface area contributed by atoms with Gasteiger partial charge in [0.2, 0.25) is 0 Å². The maximum Gasteiger partial charge on any atom is 0.407 e. The summed E-state index contributed by atoms with van der Waals surface area (Å²) in [5, 5.41) is 25.9. The molecule has 1 amide bonds. The van der Waals surface area contributed by atoms with Crippen LogP contribution in [-0.4, -0.2) is 77.2 Å². The van der Waals surface area contributed by atoms with Crippen LogP contribution in [0.4, 0.5) is 4.79 Å². The molecule has 0 aromatic rings. The Balaban J connectivity index is 0.000000331. The molecule has 0 spiro atoms. The zero-order valence-electron chi connectivity index (χ0n) is 11.3. The Bertz CT molecular complexity index is 277. The van der Waals surface area contributed by atoms with Gasteiger partial charge in [-0.15, -0.1) is 0 Å². The standard InChI is InChI=1S/C7H13NO2.C5H11NO2/c1-8-3-2-6(4-9)7(8)5-10;1-3-6(4-2)5(7)8/h2,7,9-10H,3-5H2,1H3;3-4H2,1-2H3,(H,7,8). The Morgan fingerprint density at radius 2 is 2.00 bits per heavy atom. The molecule has 0 aliphatic carbocycles. The van der Waals surface area contributed by atoms with Crippen LogP contribution in [0.15, 0.2) is 11.6 Å². The number of hydrogen-bond acceptors (Lipinski definition) is 4. The molecule has 1 aliphatic rings. The molecule has 0 fully saturated rings. The summed E-state index contributed by atoms with van der Waals surface area (Å²) in [5.41, 5.74) is 0.935. The molecule has 0 aromatic carbocycles. The minimum absolute atomic E-state index is 0.0463. The average molecular weight is 260 g/mol. The van der Waals surface area contributed by atoms with Crippen molar-refractivity contribution in [1.29, 1.82) is 0 Å². The fourth-order valence-corrected chi connectivity index (χ4v) is 1.73. The quantitative estimate of drug-likeness (QED) is 0.630. The number of carboxylic acid groups (broad SMARTS) is 1. The molecule has 1 heterocycles. The van der Waals surface area contributed by atoms with Crippen molar-refractivity contribution in [3.05, 3.63) is 11.6 Å². The molecular weight excluding hydrogens is 236 g/mol. The van der Waals surface area contributed by atoms with Crippen LogP contribution >= 0.6 is 0 Å². The number of aliphatic hydroxyl groups is 2. The van der Waals surface area contributed by atoms with E-state index < -0.39 is 6.09 Å². The first-order valence-corrected chi connectivity index (χ1v) is 6.10. The number of amides is 1. The van der Waals surface area contributed by atoms with Gasteiger partial charge < -0.3 is 20.2 Å². The van der Waals surface area contributed by atoms with Crippen LogP contribution in [0.1, 0.15) is 13.8 Å². The Hall–Kier alpha value is -1.11. The van der Waals surface area contributed by atoms with Crippen LogP contribution in [0.5, 0.6) is 0 Å². The second-order valence-corrected chi connectivity index (χ2v) is 4.03. The van der Waals surface area contributed by atoms with Gasteiger partial charge in [0.15, 0.2) is 0 Å². The lowest BCUT2D eigenvalue weighted by molar-refractivity contribution is 0.150. The first-order valence-electron chi connectivity index (χ1n) is 6.10. The van der Waals surface area contributed by atoms with Gasteiger partial charge in [-0.05, 0) is 26.5 Å². The first-order chi connectivity index (χ1) is 8.51. The lowest BCUT2D eigenvalue weighted by Crippen LogP contribution is -2.32. The average Bonchev–Trinajstić information content (AvgIpc) is 2.71. The van der Waals surface area contributed by atoms with Crippen molar-refractivity contribution in [2.45, 2.75) is 19.9 Å². The second-order valence-electron chi connectivity index (χ2n) is 4.03. The lowest BCUT2D eigenvalue weighted by atomic mass is 10.1. The fourth-order valence-electron chi connectivity index (χ4n) is 1.73. The molecule has 6 heteroatoms. The van der Waals surface area contributed by atoms with E-state index in [1.807, 2.05) is 31.9 Å². The maximum atomic E-state index is 10.1. The topological polar surface area (TPSA) is 84.2 Å². The van der Waals surface area contributed by atoms with Gasteiger partial charge in [-0.1, -0.05) is 6.08 Å². The Morgan fingerprint density at radius 3 is 2.22 bits per heavy atom. The van der Waals surface area contributed by atoms with Crippen LogP contribution in [-0.2, 0) is 0 Å². The summed E-state index contributed by atoms with van der Waals surface area (Å²) >= 11 is 0. The van der Waals surface area contributed by atoms with Crippen molar-refractivity contribution >= 4 is 6.09 Å². The van der Waals surface area contributed by atoms with E-state index in [1.165, 1.54) is 4.90 Å². The third kappa shape index (κ3) is 5.03. The highest BCUT2D eigenvalue weighted by molar-refractivity contribution is 5.64. The highest BCUT2D eigenvalue weighted by Crippen LogP contribution is 2.14. The molecule has 3 N–H and O–H groups in total. The van der Waals surface area contributed by atoms with Crippen molar-refractivity contribution in [2.75, 3.05) is 39.9 Å². The SMILES string of the molecule is CCN(CC)C(=O)O.CN1CC=C(CO)C1CO. The summed E-state index contributed by atoms with van der Waals surface area (Å²) in [6.07, 6.45) is 1.12. The zero-order valence-corrected chi connectivity index (χ0v) is 11.3. The lowest BCUT2D eigenvalue weighted by Gasteiger charge is -2.19. The van der Waals surface area contributed by atoms with E-state index in [0.717, 1.165) is 12.1 Å². The van der Waals surface area contributed by atoms with E-state index in [1.54, 1.807) is 0 Å². The van der Waals surface area contributed by atoms with Crippen molar-refractivity contribution in [3.63, 3.8) is 0 Å². The second kappa shape index (κ2) is 8.91. The maximum absolute atomic E-state index is 10.1. The van der Waals surface area contributed by atoms with E-state index >= 15 is 0 Å². The highest BCUT2D eigenvalue weighted by atomic mass is 16.4. The normalized spacial score (nSPS) is 18.9. The van der Waals surface area contributed by atoms with Gasteiger partial charge in [-0.25, -0.2) is 4.79 Å². The molecule has 0 aromatic heterocycles. The van der Waals surface area contributed by atoms with E-state index in [9.17, 15) is 4.79 Å². The number of likely N-dealkylation sites (N-methyl/N-ethyl adjacent to an activating group) is 1. The summed E-state index contributed by atoms with van der Waals surface area (Å²) < 4.78 is 0. The van der Waals surface area contributed by atoms with Gasteiger partial charge >= 0.3 is 6.09 Å². The molecular formula is C12H24N2O4. The van der Waals surface area contributed by atoms with Gasteiger partial charge in [-0.2, -0.15) is 0 Å². The minimum atomic E-state index is -0.838. The summed E-state index contributed by atoms with van der Waals surface area (Å²) in [5.74, 6) is 0. The molecule has 1 rings (SSSR count). The molecule has 1 atom stereocenters. The van der Waals surface area contributed by atoms with Gasteiger partial charge in [0.1, 0.15) is 0 Å². The summed E-state index contributed by atoms with van der Waals surface area (Å²) in [7, 11) is 1.93. The highest BCUT2D eigenvalue weighted by Gasteiger charge is 2.21.